The summed E-state index contributed by atoms with van der Waals surface area (Å²) in [7, 11) is -3.26. The van der Waals surface area contributed by atoms with E-state index in [-0.39, 0.29) is 11.7 Å². The number of rotatable bonds is 5. The minimum absolute atomic E-state index is 0.220. The van der Waals surface area contributed by atoms with Gasteiger partial charge in [-0.2, -0.15) is 0 Å². The van der Waals surface area contributed by atoms with Crippen LogP contribution >= 0.6 is 11.8 Å². The van der Waals surface area contributed by atoms with Gasteiger partial charge in [-0.1, -0.05) is 12.1 Å². The zero-order chi connectivity index (χ0) is 13.7. The van der Waals surface area contributed by atoms with E-state index in [1.54, 1.807) is 11.8 Å². The van der Waals surface area contributed by atoms with Crippen LogP contribution in [0.25, 0.3) is 0 Å². The zero-order valence-electron chi connectivity index (χ0n) is 11.1. The molecule has 19 heavy (non-hydrogen) atoms. The van der Waals surface area contributed by atoms with Crippen molar-refractivity contribution in [2.24, 2.45) is 5.92 Å². The maximum absolute atomic E-state index is 12.2. The van der Waals surface area contributed by atoms with Crippen LogP contribution in [0.3, 0.4) is 0 Å². The molecule has 0 amide bonds. The van der Waals surface area contributed by atoms with Gasteiger partial charge in [0.25, 0.3) is 0 Å². The highest BCUT2D eigenvalue weighted by molar-refractivity contribution is 7.99. The molecule has 0 aliphatic carbocycles. The third-order valence-corrected chi connectivity index (χ3v) is 5.52. The quantitative estimate of drug-likeness (QED) is 0.818. The van der Waals surface area contributed by atoms with Gasteiger partial charge >= 0.3 is 0 Å². The number of anilines is 1. The largest absolute Gasteiger partial charge is 0.317 e. The van der Waals surface area contributed by atoms with E-state index in [0.29, 0.717) is 5.69 Å². The molecule has 1 saturated heterocycles. The lowest BCUT2D eigenvalue weighted by Crippen LogP contribution is -2.33. The molecule has 4 nitrogen and oxygen atoms in total. The first-order valence-corrected chi connectivity index (χ1v) is 9.32. The number of piperidine rings is 1. The predicted octanol–water partition coefficient (Wildman–Crippen LogP) is 2.15. The molecule has 106 valence electrons. The smallest absolute Gasteiger partial charge is 0.233 e. The topological polar surface area (TPSA) is 58.2 Å². The van der Waals surface area contributed by atoms with E-state index >= 15 is 0 Å². The van der Waals surface area contributed by atoms with Crippen molar-refractivity contribution in [3.63, 3.8) is 0 Å². The average molecular weight is 300 g/mol. The zero-order valence-corrected chi connectivity index (χ0v) is 12.7. The molecule has 0 spiro atoms. The minimum atomic E-state index is -3.26. The number of sulfonamides is 1. The highest BCUT2D eigenvalue weighted by Crippen LogP contribution is 2.26. The molecule has 6 heteroatoms. The summed E-state index contributed by atoms with van der Waals surface area (Å²) >= 11 is 1.55. The van der Waals surface area contributed by atoms with Gasteiger partial charge in [0, 0.05) is 4.90 Å². The van der Waals surface area contributed by atoms with Crippen molar-refractivity contribution in [3.8, 4) is 0 Å². The number of nitrogens with one attached hydrogen (secondary N) is 2. The van der Waals surface area contributed by atoms with Gasteiger partial charge in [-0.05, 0) is 50.2 Å². The van der Waals surface area contributed by atoms with E-state index < -0.39 is 10.0 Å². The van der Waals surface area contributed by atoms with Crippen molar-refractivity contribution >= 4 is 27.5 Å². The molecule has 1 aliphatic heterocycles. The van der Waals surface area contributed by atoms with Gasteiger partial charge < -0.3 is 5.32 Å². The Morgan fingerprint density at radius 2 is 2.00 bits per heavy atom. The molecular weight excluding hydrogens is 280 g/mol. The average Bonchev–Trinajstić information content (AvgIpc) is 2.39. The van der Waals surface area contributed by atoms with Gasteiger partial charge in [-0.25, -0.2) is 8.42 Å². The van der Waals surface area contributed by atoms with Crippen LogP contribution in [0.4, 0.5) is 5.69 Å². The van der Waals surface area contributed by atoms with Crippen molar-refractivity contribution in [1.82, 2.24) is 5.32 Å². The minimum Gasteiger partial charge on any atom is -0.317 e. The van der Waals surface area contributed by atoms with E-state index in [0.717, 1.165) is 30.8 Å². The fourth-order valence-corrected chi connectivity index (χ4v) is 4.47. The summed E-state index contributed by atoms with van der Waals surface area (Å²) in [5, 5.41) is 3.25. The SMILES string of the molecule is CSc1ccccc1NS(=O)(=O)CC1CCNCC1. The predicted molar refractivity (Wildman–Crippen MR) is 81.2 cm³/mol. The van der Waals surface area contributed by atoms with Crippen LogP contribution < -0.4 is 10.0 Å². The number of hydrogen-bond acceptors (Lipinski definition) is 4. The normalized spacial score (nSPS) is 17.3. The molecule has 1 aliphatic rings. The van der Waals surface area contributed by atoms with Gasteiger partial charge in [-0.15, -0.1) is 11.8 Å². The number of hydrogen-bond donors (Lipinski definition) is 2. The molecule has 0 unspecified atom stereocenters. The van der Waals surface area contributed by atoms with Crippen LogP contribution in [0.15, 0.2) is 29.2 Å². The number of para-hydroxylation sites is 1. The molecular formula is C13H20N2O2S2. The van der Waals surface area contributed by atoms with Crippen molar-refractivity contribution in [1.29, 1.82) is 0 Å². The molecule has 0 radical (unpaired) electrons. The van der Waals surface area contributed by atoms with Gasteiger partial charge in [0.15, 0.2) is 0 Å². The Hall–Kier alpha value is -0.720. The molecule has 0 saturated carbocycles. The summed E-state index contributed by atoms with van der Waals surface area (Å²) in [4.78, 5) is 0.955. The molecule has 1 aromatic carbocycles. The van der Waals surface area contributed by atoms with E-state index in [9.17, 15) is 8.42 Å². The molecule has 0 atom stereocenters. The van der Waals surface area contributed by atoms with Crippen LogP contribution in [-0.4, -0.2) is 33.5 Å². The Balaban J connectivity index is 2.03. The fraction of sp³-hybridized carbons (Fsp3) is 0.538. The maximum Gasteiger partial charge on any atom is 0.233 e. The highest BCUT2D eigenvalue weighted by Gasteiger charge is 2.21. The Morgan fingerprint density at radius 1 is 1.32 bits per heavy atom. The van der Waals surface area contributed by atoms with Gasteiger partial charge in [-0.3, -0.25) is 4.72 Å². The Labute approximate surface area is 119 Å². The molecule has 0 aromatic heterocycles. The Morgan fingerprint density at radius 3 is 2.68 bits per heavy atom. The first kappa shape index (κ1) is 14.7. The number of benzene rings is 1. The van der Waals surface area contributed by atoms with E-state index in [4.69, 9.17) is 0 Å². The fourth-order valence-electron chi connectivity index (χ4n) is 2.30. The number of thioether (sulfide) groups is 1. The summed E-state index contributed by atoms with van der Waals surface area (Å²) in [6, 6.07) is 7.50. The first-order chi connectivity index (χ1) is 9.11. The third-order valence-electron chi connectivity index (χ3n) is 3.29. The van der Waals surface area contributed by atoms with E-state index in [1.807, 2.05) is 30.5 Å². The van der Waals surface area contributed by atoms with Gasteiger partial charge in [0.2, 0.25) is 10.0 Å². The molecule has 1 fully saturated rings. The van der Waals surface area contributed by atoms with Crippen molar-refractivity contribution in [3.05, 3.63) is 24.3 Å². The van der Waals surface area contributed by atoms with Crippen LogP contribution in [0.2, 0.25) is 0 Å². The van der Waals surface area contributed by atoms with Crippen molar-refractivity contribution in [2.75, 3.05) is 29.8 Å². The molecule has 1 aromatic rings. The summed E-state index contributed by atoms with van der Waals surface area (Å²) in [6.07, 6.45) is 3.82. The second kappa shape index (κ2) is 6.63. The van der Waals surface area contributed by atoms with E-state index in [1.165, 1.54) is 0 Å². The molecule has 2 rings (SSSR count). The van der Waals surface area contributed by atoms with Crippen molar-refractivity contribution < 1.29 is 8.42 Å². The second-order valence-electron chi connectivity index (χ2n) is 4.78. The summed E-state index contributed by atoms with van der Waals surface area (Å²) in [5.74, 6) is 0.484. The second-order valence-corrected chi connectivity index (χ2v) is 7.39. The molecule has 2 N–H and O–H groups in total. The van der Waals surface area contributed by atoms with Crippen LogP contribution in [0.5, 0.6) is 0 Å². The third kappa shape index (κ3) is 4.40. The Kier molecular flexibility index (Phi) is 5.13. The summed E-state index contributed by atoms with van der Waals surface area (Å²) in [6.45, 7) is 1.84. The van der Waals surface area contributed by atoms with Crippen LogP contribution in [0.1, 0.15) is 12.8 Å². The first-order valence-electron chi connectivity index (χ1n) is 6.45. The monoisotopic (exact) mass is 300 g/mol. The highest BCUT2D eigenvalue weighted by atomic mass is 32.2. The van der Waals surface area contributed by atoms with Crippen molar-refractivity contribution in [2.45, 2.75) is 17.7 Å². The molecule has 0 bridgehead atoms. The van der Waals surface area contributed by atoms with Gasteiger partial charge in [0.05, 0.1) is 11.4 Å². The summed E-state index contributed by atoms with van der Waals surface area (Å²) in [5.41, 5.74) is 0.684. The lowest BCUT2D eigenvalue weighted by atomic mass is 10.0. The molecule has 1 heterocycles. The standard InChI is InChI=1S/C13H20N2O2S2/c1-18-13-5-3-2-4-12(13)15-19(16,17)10-11-6-8-14-9-7-11/h2-5,11,14-15H,6-10H2,1H3. The lowest BCUT2D eigenvalue weighted by Gasteiger charge is -2.22. The van der Waals surface area contributed by atoms with Gasteiger partial charge in [0.1, 0.15) is 0 Å². The maximum atomic E-state index is 12.2. The van der Waals surface area contributed by atoms with E-state index in [2.05, 4.69) is 10.0 Å². The summed E-state index contributed by atoms with van der Waals surface area (Å²) < 4.78 is 27.1. The van der Waals surface area contributed by atoms with Crippen LogP contribution in [-0.2, 0) is 10.0 Å². The van der Waals surface area contributed by atoms with Crippen LogP contribution in [0, 0.1) is 5.92 Å². The Bertz CT molecular complexity index is 511. The lowest BCUT2D eigenvalue weighted by molar-refractivity contribution is 0.402.